The summed E-state index contributed by atoms with van der Waals surface area (Å²) in [5.74, 6) is 0. The third-order valence-electron chi connectivity index (χ3n) is 2.94. The molecule has 1 fully saturated rings. The van der Waals surface area contributed by atoms with E-state index in [0.29, 0.717) is 6.61 Å². The molecule has 2 heteroatoms. The molecule has 76 valence electrons. The number of ether oxygens (including phenoxy) is 1. The lowest BCUT2D eigenvalue weighted by Crippen LogP contribution is -2.28. The van der Waals surface area contributed by atoms with Gasteiger partial charge in [-0.3, -0.25) is 0 Å². The third kappa shape index (κ3) is 1.97. The molecule has 0 radical (unpaired) electrons. The van der Waals surface area contributed by atoms with E-state index in [1.54, 1.807) is 0 Å². The van der Waals surface area contributed by atoms with Gasteiger partial charge in [0, 0.05) is 12.0 Å². The van der Waals surface area contributed by atoms with Crippen molar-refractivity contribution in [3.63, 3.8) is 0 Å². The van der Waals surface area contributed by atoms with Gasteiger partial charge in [-0.25, -0.2) is 0 Å². The van der Waals surface area contributed by atoms with E-state index in [1.165, 1.54) is 5.56 Å². The summed E-state index contributed by atoms with van der Waals surface area (Å²) in [6.45, 7) is 1.70. The van der Waals surface area contributed by atoms with Gasteiger partial charge in [-0.05, 0) is 18.4 Å². The number of rotatable bonds is 3. The Bertz CT molecular complexity index is 276. The Morgan fingerprint density at radius 1 is 1.29 bits per heavy atom. The first-order valence-corrected chi connectivity index (χ1v) is 5.07. The average molecular weight is 192 g/mol. The van der Waals surface area contributed by atoms with Crippen LogP contribution in [0, 0.1) is 5.41 Å². The van der Waals surface area contributed by atoms with Crippen LogP contribution < -0.4 is 0 Å². The summed E-state index contributed by atoms with van der Waals surface area (Å²) in [5.41, 5.74) is 1.26. The molecular weight excluding hydrogens is 176 g/mol. The molecule has 0 spiro atoms. The van der Waals surface area contributed by atoms with E-state index in [2.05, 4.69) is 12.1 Å². The van der Waals surface area contributed by atoms with Crippen LogP contribution in [0.5, 0.6) is 0 Å². The van der Waals surface area contributed by atoms with Crippen molar-refractivity contribution in [2.45, 2.75) is 12.8 Å². The van der Waals surface area contributed by atoms with Gasteiger partial charge in [0.15, 0.2) is 0 Å². The third-order valence-corrected chi connectivity index (χ3v) is 2.94. The lowest BCUT2D eigenvalue weighted by Gasteiger charge is -2.24. The molecule has 1 atom stereocenters. The monoisotopic (exact) mass is 192 g/mol. The van der Waals surface area contributed by atoms with Crippen LogP contribution in [0.15, 0.2) is 30.3 Å². The highest BCUT2D eigenvalue weighted by Gasteiger charge is 2.34. The van der Waals surface area contributed by atoms with Gasteiger partial charge in [0.1, 0.15) is 0 Å². The summed E-state index contributed by atoms with van der Waals surface area (Å²) in [6, 6.07) is 10.3. The molecular formula is C12H16O2. The highest BCUT2D eigenvalue weighted by molar-refractivity contribution is 5.17. The van der Waals surface area contributed by atoms with Gasteiger partial charge in [-0.1, -0.05) is 30.3 Å². The van der Waals surface area contributed by atoms with E-state index < -0.39 is 0 Å². The van der Waals surface area contributed by atoms with Crippen molar-refractivity contribution in [2.75, 3.05) is 19.8 Å². The van der Waals surface area contributed by atoms with Crippen molar-refractivity contribution >= 4 is 0 Å². The Hall–Kier alpha value is -0.860. The summed E-state index contributed by atoms with van der Waals surface area (Å²) in [4.78, 5) is 0. The molecule has 1 aliphatic heterocycles. The zero-order chi connectivity index (χ0) is 9.86. The number of aliphatic hydroxyl groups excluding tert-OH is 1. The molecule has 1 N–H and O–H groups in total. The second kappa shape index (κ2) is 4.11. The van der Waals surface area contributed by atoms with Crippen LogP contribution in [0.3, 0.4) is 0 Å². The van der Waals surface area contributed by atoms with Gasteiger partial charge >= 0.3 is 0 Å². The largest absolute Gasteiger partial charge is 0.396 e. The van der Waals surface area contributed by atoms with Crippen LogP contribution in [0.4, 0.5) is 0 Å². The quantitative estimate of drug-likeness (QED) is 0.788. The van der Waals surface area contributed by atoms with E-state index in [0.717, 1.165) is 19.4 Å². The Balaban J connectivity index is 2.08. The van der Waals surface area contributed by atoms with Gasteiger partial charge < -0.3 is 9.84 Å². The molecule has 2 rings (SSSR count). The fourth-order valence-corrected chi connectivity index (χ4v) is 2.00. The molecule has 1 heterocycles. The summed E-state index contributed by atoms with van der Waals surface area (Å²) < 4.78 is 5.36. The fraction of sp³-hybridized carbons (Fsp3) is 0.500. The minimum absolute atomic E-state index is 0.0264. The topological polar surface area (TPSA) is 29.5 Å². The Kier molecular flexibility index (Phi) is 2.85. The van der Waals surface area contributed by atoms with E-state index in [-0.39, 0.29) is 12.0 Å². The molecule has 14 heavy (non-hydrogen) atoms. The molecule has 2 nitrogen and oxygen atoms in total. The Morgan fingerprint density at radius 2 is 2.07 bits per heavy atom. The molecule has 1 aromatic rings. The molecule has 1 aliphatic rings. The summed E-state index contributed by atoms with van der Waals surface area (Å²) in [7, 11) is 0. The van der Waals surface area contributed by atoms with E-state index in [9.17, 15) is 5.11 Å². The van der Waals surface area contributed by atoms with Gasteiger partial charge in [0.25, 0.3) is 0 Å². The average Bonchev–Trinajstić information content (AvgIpc) is 2.69. The van der Waals surface area contributed by atoms with Crippen molar-refractivity contribution in [1.82, 2.24) is 0 Å². The maximum Gasteiger partial charge on any atom is 0.0548 e. The summed E-state index contributed by atoms with van der Waals surface area (Å²) >= 11 is 0. The van der Waals surface area contributed by atoms with Crippen LogP contribution >= 0.6 is 0 Å². The molecule has 1 saturated heterocycles. The highest BCUT2D eigenvalue weighted by atomic mass is 16.5. The van der Waals surface area contributed by atoms with Gasteiger partial charge in [0.2, 0.25) is 0 Å². The first-order valence-electron chi connectivity index (χ1n) is 5.07. The lowest BCUT2D eigenvalue weighted by atomic mass is 9.82. The van der Waals surface area contributed by atoms with Crippen LogP contribution in [-0.2, 0) is 11.2 Å². The van der Waals surface area contributed by atoms with Gasteiger partial charge in [-0.15, -0.1) is 0 Å². The van der Waals surface area contributed by atoms with Crippen molar-refractivity contribution in [3.8, 4) is 0 Å². The minimum atomic E-state index is -0.0264. The van der Waals surface area contributed by atoms with E-state index in [1.807, 2.05) is 18.2 Å². The normalized spacial score (nSPS) is 26.6. The molecule has 0 amide bonds. The van der Waals surface area contributed by atoms with Crippen LogP contribution in [0.25, 0.3) is 0 Å². The maximum absolute atomic E-state index is 9.40. The molecule has 0 unspecified atom stereocenters. The summed E-state index contributed by atoms with van der Waals surface area (Å²) in [5, 5.41) is 9.40. The zero-order valence-corrected chi connectivity index (χ0v) is 8.28. The van der Waals surface area contributed by atoms with Crippen LogP contribution in [-0.4, -0.2) is 24.9 Å². The molecule has 0 aromatic heterocycles. The molecule has 0 bridgehead atoms. The van der Waals surface area contributed by atoms with Crippen LogP contribution in [0.2, 0.25) is 0 Å². The molecule has 0 aliphatic carbocycles. The fourth-order valence-electron chi connectivity index (χ4n) is 2.00. The molecule has 0 saturated carbocycles. The predicted molar refractivity (Wildman–Crippen MR) is 55.1 cm³/mol. The molecule has 1 aromatic carbocycles. The standard InChI is InChI=1S/C12H16O2/c13-9-12(6-7-14-10-12)8-11-4-2-1-3-5-11/h1-5,13H,6-10H2/t12-/m1/s1. The second-order valence-electron chi connectivity index (χ2n) is 4.12. The van der Waals surface area contributed by atoms with Crippen molar-refractivity contribution in [2.24, 2.45) is 5.41 Å². The Labute approximate surface area is 84.5 Å². The number of hydrogen-bond acceptors (Lipinski definition) is 2. The first kappa shape index (κ1) is 9.69. The highest BCUT2D eigenvalue weighted by Crippen LogP contribution is 2.31. The van der Waals surface area contributed by atoms with Crippen molar-refractivity contribution in [1.29, 1.82) is 0 Å². The van der Waals surface area contributed by atoms with Crippen molar-refractivity contribution < 1.29 is 9.84 Å². The second-order valence-corrected chi connectivity index (χ2v) is 4.12. The number of aliphatic hydroxyl groups is 1. The maximum atomic E-state index is 9.40. The summed E-state index contributed by atoms with van der Waals surface area (Å²) in [6.07, 6.45) is 1.89. The predicted octanol–water partition coefficient (Wildman–Crippen LogP) is 1.63. The number of hydrogen-bond donors (Lipinski definition) is 1. The smallest absolute Gasteiger partial charge is 0.0548 e. The zero-order valence-electron chi connectivity index (χ0n) is 8.28. The van der Waals surface area contributed by atoms with E-state index in [4.69, 9.17) is 4.74 Å². The van der Waals surface area contributed by atoms with Crippen molar-refractivity contribution in [3.05, 3.63) is 35.9 Å². The number of benzene rings is 1. The lowest BCUT2D eigenvalue weighted by molar-refractivity contribution is 0.0935. The van der Waals surface area contributed by atoms with Gasteiger partial charge in [0.05, 0.1) is 13.2 Å². The first-order chi connectivity index (χ1) is 6.85. The SMILES string of the molecule is OC[C@]1(Cc2ccccc2)CCOC1. The van der Waals surface area contributed by atoms with Crippen LogP contribution in [0.1, 0.15) is 12.0 Å². The Morgan fingerprint density at radius 3 is 2.64 bits per heavy atom. The minimum Gasteiger partial charge on any atom is -0.396 e. The van der Waals surface area contributed by atoms with E-state index >= 15 is 0 Å². The van der Waals surface area contributed by atoms with Gasteiger partial charge in [-0.2, -0.15) is 0 Å².